The topological polar surface area (TPSA) is 73.7 Å². The minimum Gasteiger partial charge on any atom is -0.481 e. The van der Waals surface area contributed by atoms with Crippen molar-refractivity contribution in [1.82, 2.24) is 9.88 Å². The number of nitrogens with zero attached hydrogens (tertiary/aromatic N) is 2. The zero-order chi connectivity index (χ0) is 14.5. The third kappa shape index (κ3) is 3.75. The van der Waals surface area contributed by atoms with Crippen molar-refractivity contribution in [3.8, 4) is 0 Å². The highest BCUT2D eigenvalue weighted by Gasteiger charge is 2.43. The van der Waals surface area contributed by atoms with Gasteiger partial charge in [-0.15, -0.1) is 0 Å². The fourth-order valence-electron chi connectivity index (χ4n) is 2.07. The van der Waals surface area contributed by atoms with Crippen molar-refractivity contribution in [1.29, 1.82) is 0 Å². The molecule has 0 saturated carbocycles. The van der Waals surface area contributed by atoms with Crippen molar-refractivity contribution in [2.75, 3.05) is 13.6 Å². The molecule has 5 nitrogen and oxygen atoms in total. The van der Waals surface area contributed by atoms with Gasteiger partial charge < -0.3 is 15.1 Å². The average Bonchev–Trinajstić information content (AvgIpc) is 2.69. The molecule has 1 aliphatic rings. The van der Waals surface area contributed by atoms with Gasteiger partial charge in [-0.25, -0.2) is 0 Å². The van der Waals surface area contributed by atoms with Crippen LogP contribution in [0.5, 0.6) is 0 Å². The highest BCUT2D eigenvalue weighted by atomic mass is 16.4. The minimum absolute atomic E-state index is 0.136. The van der Waals surface area contributed by atoms with Gasteiger partial charge in [-0.1, -0.05) is 13.0 Å². The van der Waals surface area contributed by atoms with Crippen LogP contribution in [0.25, 0.3) is 0 Å². The van der Waals surface area contributed by atoms with Crippen molar-refractivity contribution in [3.05, 3.63) is 30.1 Å². The molecule has 5 heteroatoms. The van der Waals surface area contributed by atoms with Gasteiger partial charge in [0.25, 0.3) is 0 Å². The molecular formula is C14H22N2O3. The third-order valence-corrected chi connectivity index (χ3v) is 3.61. The summed E-state index contributed by atoms with van der Waals surface area (Å²) in [6, 6.07) is 5.83. The lowest BCUT2D eigenvalue weighted by atomic mass is 9.91. The Bertz CT molecular complexity index is 410. The second-order valence-electron chi connectivity index (χ2n) is 4.79. The maximum absolute atomic E-state index is 10.5. The Morgan fingerprint density at radius 1 is 1.58 bits per heavy atom. The summed E-state index contributed by atoms with van der Waals surface area (Å²) >= 11 is 0. The van der Waals surface area contributed by atoms with Crippen LogP contribution < -0.4 is 0 Å². The summed E-state index contributed by atoms with van der Waals surface area (Å²) in [4.78, 5) is 15.8. The van der Waals surface area contributed by atoms with E-state index in [4.69, 9.17) is 5.11 Å². The molecule has 0 amide bonds. The van der Waals surface area contributed by atoms with Gasteiger partial charge in [0.05, 0.1) is 5.69 Å². The molecule has 0 aromatic carbocycles. The number of rotatable bonds is 2. The zero-order valence-corrected chi connectivity index (χ0v) is 11.7. The molecule has 1 aromatic rings. The summed E-state index contributed by atoms with van der Waals surface area (Å²) in [5, 5.41) is 18.2. The summed E-state index contributed by atoms with van der Waals surface area (Å²) in [5.74, 6) is -0.745. The Labute approximate surface area is 113 Å². The standard InChI is InChI=1S/C11H16N2O.C3H6O2/c1-9-11(14,6-8-13(9)2)10-5-3-4-7-12-10;1-2-3(4)5/h3-5,7,9,14H,6,8H2,1-2H3;2H2,1H3,(H,4,5). The van der Waals surface area contributed by atoms with Crippen molar-refractivity contribution < 1.29 is 15.0 Å². The molecule has 2 unspecified atom stereocenters. The van der Waals surface area contributed by atoms with E-state index in [1.54, 1.807) is 13.1 Å². The van der Waals surface area contributed by atoms with Gasteiger partial charge in [0.2, 0.25) is 0 Å². The number of pyridine rings is 1. The number of carbonyl (C=O) groups is 1. The molecule has 1 fully saturated rings. The largest absolute Gasteiger partial charge is 0.481 e. The quantitative estimate of drug-likeness (QED) is 0.848. The number of carboxylic acids is 1. The zero-order valence-electron chi connectivity index (χ0n) is 11.7. The van der Waals surface area contributed by atoms with Crippen molar-refractivity contribution in [2.24, 2.45) is 0 Å². The molecule has 2 rings (SSSR count). The van der Waals surface area contributed by atoms with Gasteiger partial charge in [0.15, 0.2) is 0 Å². The Morgan fingerprint density at radius 2 is 2.21 bits per heavy atom. The first kappa shape index (κ1) is 15.6. The predicted molar refractivity (Wildman–Crippen MR) is 72.8 cm³/mol. The minimum atomic E-state index is -0.768. The van der Waals surface area contributed by atoms with Gasteiger partial charge >= 0.3 is 5.97 Å². The van der Waals surface area contributed by atoms with E-state index < -0.39 is 11.6 Å². The van der Waals surface area contributed by atoms with Crippen LogP contribution in [-0.4, -0.2) is 45.7 Å². The predicted octanol–water partition coefficient (Wildman–Crippen LogP) is 1.47. The lowest BCUT2D eigenvalue weighted by Gasteiger charge is -2.29. The fourth-order valence-corrected chi connectivity index (χ4v) is 2.07. The summed E-state index contributed by atoms with van der Waals surface area (Å²) in [6.45, 7) is 4.57. The first-order valence-corrected chi connectivity index (χ1v) is 6.47. The van der Waals surface area contributed by atoms with E-state index in [1.807, 2.05) is 32.2 Å². The first-order chi connectivity index (χ1) is 8.91. The third-order valence-electron chi connectivity index (χ3n) is 3.61. The lowest BCUT2D eigenvalue weighted by molar-refractivity contribution is -0.136. The second kappa shape index (κ2) is 6.63. The summed E-state index contributed by atoms with van der Waals surface area (Å²) in [5.41, 5.74) is 0.0209. The Morgan fingerprint density at radius 3 is 2.58 bits per heavy atom. The number of aromatic nitrogens is 1. The Balaban J connectivity index is 0.000000312. The molecule has 1 aliphatic heterocycles. The van der Waals surface area contributed by atoms with Gasteiger partial charge in [-0.2, -0.15) is 0 Å². The van der Waals surface area contributed by atoms with Crippen LogP contribution in [-0.2, 0) is 10.4 Å². The molecular weight excluding hydrogens is 244 g/mol. The van der Waals surface area contributed by atoms with Crippen LogP contribution in [0.2, 0.25) is 0 Å². The molecule has 0 bridgehead atoms. The molecule has 2 heterocycles. The number of aliphatic carboxylic acids is 1. The first-order valence-electron chi connectivity index (χ1n) is 6.47. The number of aliphatic hydroxyl groups is 1. The van der Waals surface area contributed by atoms with Gasteiger partial charge in [-0.05, 0) is 32.5 Å². The van der Waals surface area contributed by atoms with Crippen molar-refractivity contribution in [3.63, 3.8) is 0 Å². The van der Waals surface area contributed by atoms with Crippen LogP contribution >= 0.6 is 0 Å². The smallest absolute Gasteiger partial charge is 0.303 e. The molecule has 2 atom stereocenters. The highest BCUT2D eigenvalue weighted by Crippen LogP contribution is 2.35. The number of hydrogen-bond donors (Lipinski definition) is 2. The SMILES string of the molecule is CC1N(C)CCC1(O)c1ccccn1.CCC(=O)O. The monoisotopic (exact) mass is 266 g/mol. The maximum Gasteiger partial charge on any atom is 0.303 e. The molecule has 0 aliphatic carbocycles. The Hall–Kier alpha value is -1.46. The van der Waals surface area contributed by atoms with Gasteiger partial charge in [0.1, 0.15) is 5.60 Å². The molecule has 19 heavy (non-hydrogen) atoms. The molecule has 106 valence electrons. The molecule has 0 spiro atoms. The summed E-state index contributed by atoms with van der Waals surface area (Å²) < 4.78 is 0. The molecule has 1 saturated heterocycles. The van der Waals surface area contributed by atoms with E-state index in [-0.39, 0.29) is 12.5 Å². The van der Waals surface area contributed by atoms with Crippen LogP contribution in [0.4, 0.5) is 0 Å². The van der Waals surface area contributed by atoms with Crippen LogP contribution in [0, 0.1) is 0 Å². The number of likely N-dealkylation sites (tertiary alicyclic amines) is 1. The van der Waals surface area contributed by atoms with Crippen molar-refractivity contribution >= 4 is 5.97 Å². The van der Waals surface area contributed by atoms with E-state index in [2.05, 4.69) is 9.88 Å². The van der Waals surface area contributed by atoms with E-state index in [1.165, 1.54) is 0 Å². The highest BCUT2D eigenvalue weighted by molar-refractivity contribution is 5.66. The molecule has 2 N–H and O–H groups in total. The average molecular weight is 266 g/mol. The fraction of sp³-hybridized carbons (Fsp3) is 0.571. The molecule has 0 radical (unpaired) electrons. The lowest BCUT2D eigenvalue weighted by Crippen LogP contribution is -2.39. The van der Waals surface area contributed by atoms with E-state index in [0.29, 0.717) is 0 Å². The summed E-state index contributed by atoms with van der Waals surface area (Å²) in [7, 11) is 2.03. The van der Waals surface area contributed by atoms with E-state index >= 15 is 0 Å². The van der Waals surface area contributed by atoms with Gasteiger partial charge in [-0.3, -0.25) is 9.78 Å². The second-order valence-corrected chi connectivity index (χ2v) is 4.79. The number of likely N-dealkylation sites (N-methyl/N-ethyl adjacent to an activating group) is 1. The number of carboxylic acid groups (broad SMARTS) is 1. The number of hydrogen-bond acceptors (Lipinski definition) is 4. The summed E-state index contributed by atoms with van der Waals surface area (Å²) in [6.07, 6.45) is 2.72. The Kier molecular flexibility index (Phi) is 5.44. The van der Waals surface area contributed by atoms with Crippen molar-refractivity contribution in [2.45, 2.75) is 38.3 Å². The van der Waals surface area contributed by atoms with E-state index in [9.17, 15) is 9.90 Å². The van der Waals surface area contributed by atoms with E-state index in [0.717, 1.165) is 18.7 Å². The normalized spacial score (nSPS) is 26.6. The van der Waals surface area contributed by atoms with Gasteiger partial charge in [0, 0.05) is 25.2 Å². The van der Waals surface area contributed by atoms with Crippen LogP contribution in [0.1, 0.15) is 32.4 Å². The van der Waals surface area contributed by atoms with Crippen LogP contribution in [0.15, 0.2) is 24.4 Å². The maximum atomic E-state index is 10.5. The molecule has 1 aromatic heterocycles. The van der Waals surface area contributed by atoms with Crippen LogP contribution in [0.3, 0.4) is 0 Å².